The Morgan fingerprint density at radius 2 is 0.776 bits per heavy atom. The number of hydrogen-bond donors (Lipinski definition) is 0. The van der Waals surface area contributed by atoms with E-state index in [-0.39, 0.29) is 0 Å². The molecule has 0 saturated heterocycles. The molecule has 0 atom stereocenters. The maximum atomic E-state index is 6.21. The van der Waals surface area contributed by atoms with Crippen molar-refractivity contribution in [2.45, 2.75) is 0 Å². The van der Waals surface area contributed by atoms with Gasteiger partial charge in [-0.05, 0) is 129 Å². The highest BCUT2D eigenvalue weighted by atomic mass is 32.1. The molecule has 3 nitrogen and oxygen atoms in total. The minimum atomic E-state index is 0.890. The van der Waals surface area contributed by atoms with Gasteiger partial charge in [-0.25, -0.2) is 0 Å². The van der Waals surface area contributed by atoms with Crippen LogP contribution in [0.4, 0.5) is 34.1 Å². The van der Waals surface area contributed by atoms with Gasteiger partial charge in [0.15, 0.2) is 0 Å². The molecule has 272 valence electrons. The Balaban J connectivity index is 0.995. The number of para-hydroxylation sites is 3. The van der Waals surface area contributed by atoms with Gasteiger partial charge in [-0.2, -0.15) is 0 Å². The number of hydrogen-bond acceptors (Lipinski definition) is 4. The average Bonchev–Trinajstić information content (AvgIpc) is 3.85. The van der Waals surface area contributed by atoms with Gasteiger partial charge in [0.05, 0.1) is 0 Å². The smallest absolute Gasteiger partial charge is 0.135 e. The van der Waals surface area contributed by atoms with Crippen molar-refractivity contribution in [2.75, 3.05) is 9.80 Å². The van der Waals surface area contributed by atoms with E-state index in [1.54, 1.807) is 0 Å². The maximum Gasteiger partial charge on any atom is 0.135 e. The molecule has 0 aliphatic heterocycles. The van der Waals surface area contributed by atoms with Crippen molar-refractivity contribution >= 4 is 120 Å². The van der Waals surface area contributed by atoms with Crippen LogP contribution >= 0.6 is 11.3 Å². The van der Waals surface area contributed by atoms with Crippen LogP contribution in [0.3, 0.4) is 0 Å². The lowest BCUT2D eigenvalue weighted by molar-refractivity contribution is 0.669. The Bertz CT molecular complexity index is 3530. The van der Waals surface area contributed by atoms with Gasteiger partial charge < -0.3 is 14.2 Å². The first-order chi connectivity index (χ1) is 28.7. The van der Waals surface area contributed by atoms with Crippen molar-refractivity contribution in [1.82, 2.24) is 0 Å². The van der Waals surface area contributed by atoms with E-state index < -0.39 is 0 Å². The molecule has 0 aliphatic carbocycles. The van der Waals surface area contributed by atoms with Crippen LogP contribution in [0.1, 0.15) is 0 Å². The Labute approximate surface area is 338 Å². The molecule has 0 saturated carbocycles. The lowest BCUT2D eigenvalue weighted by Crippen LogP contribution is -2.09. The molecule has 0 bridgehead atoms. The molecule has 2 heterocycles. The number of rotatable bonds is 6. The summed E-state index contributed by atoms with van der Waals surface area (Å²) < 4.78 is 8.83. The van der Waals surface area contributed by atoms with Crippen molar-refractivity contribution in [3.63, 3.8) is 0 Å². The van der Waals surface area contributed by atoms with Gasteiger partial charge >= 0.3 is 0 Å². The van der Waals surface area contributed by atoms with Crippen LogP contribution in [0.5, 0.6) is 0 Å². The van der Waals surface area contributed by atoms with Gasteiger partial charge in [0.2, 0.25) is 0 Å². The molecule has 0 amide bonds. The van der Waals surface area contributed by atoms with Crippen LogP contribution < -0.4 is 9.80 Å². The highest BCUT2D eigenvalue weighted by Gasteiger charge is 2.18. The molecule has 12 rings (SSSR count). The highest BCUT2D eigenvalue weighted by Crippen LogP contribution is 2.44. The van der Waals surface area contributed by atoms with Gasteiger partial charge in [0, 0.05) is 65.1 Å². The number of anilines is 6. The van der Waals surface area contributed by atoms with Gasteiger partial charge in [-0.15, -0.1) is 11.3 Å². The van der Waals surface area contributed by atoms with Gasteiger partial charge in [0.25, 0.3) is 0 Å². The number of benzene rings is 10. The van der Waals surface area contributed by atoms with Crippen LogP contribution in [-0.2, 0) is 0 Å². The summed E-state index contributed by atoms with van der Waals surface area (Å²) in [6.07, 6.45) is 0. The highest BCUT2D eigenvalue weighted by molar-refractivity contribution is 7.25. The molecule has 10 aromatic carbocycles. The van der Waals surface area contributed by atoms with E-state index in [1.165, 1.54) is 52.5 Å². The van der Waals surface area contributed by atoms with E-state index in [2.05, 4.69) is 204 Å². The second kappa shape index (κ2) is 13.1. The molecule has 0 aliphatic rings. The molecular formula is C54H34N2OS. The predicted octanol–water partition coefficient (Wildman–Crippen LogP) is 16.4. The monoisotopic (exact) mass is 758 g/mol. The zero-order chi connectivity index (χ0) is 38.2. The zero-order valence-corrected chi connectivity index (χ0v) is 32.2. The van der Waals surface area contributed by atoms with E-state index in [1.807, 2.05) is 23.5 Å². The number of nitrogens with zero attached hydrogens (tertiary/aromatic N) is 2. The number of thiophene rings is 1. The van der Waals surface area contributed by atoms with Gasteiger partial charge in [-0.1, -0.05) is 109 Å². The fourth-order valence-corrected chi connectivity index (χ4v) is 9.97. The zero-order valence-electron chi connectivity index (χ0n) is 31.3. The standard InChI is InChI=1S/C54H34N2OS/c1-3-11-37(12-4-1)55(42-25-30-54-50(34-42)47-16-8-10-18-53(47)58-54)39-23-28-43-36(31-39)21-27-45-44(43)26-20-35-19-22-40(32-48(35)45)56(38-13-5-2-6-14-38)41-24-29-52-49(33-41)46-15-7-9-17-51(46)57-52/h1-34H. The van der Waals surface area contributed by atoms with E-state index in [0.717, 1.165) is 56.1 Å². The lowest BCUT2D eigenvalue weighted by atomic mass is 9.96. The van der Waals surface area contributed by atoms with E-state index >= 15 is 0 Å². The van der Waals surface area contributed by atoms with Crippen molar-refractivity contribution in [3.8, 4) is 0 Å². The van der Waals surface area contributed by atoms with E-state index in [4.69, 9.17) is 4.42 Å². The van der Waals surface area contributed by atoms with Crippen molar-refractivity contribution in [3.05, 3.63) is 206 Å². The molecule has 0 radical (unpaired) electrons. The number of furan rings is 1. The molecule has 0 unspecified atom stereocenters. The summed E-state index contributed by atoms with van der Waals surface area (Å²) in [6.45, 7) is 0. The van der Waals surface area contributed by atoms with Crippen molar-refractivity contribution < 1.29 is 4.42 Å². The molecule has 0 N–H and O–H groups in total. The molecule has 4 heteroatoms. The van der Waals surface area contributed by atoms with Crippen molar-refractivity contribution in [2.24, 2.45) is 0 Å². The van der Waals surface area contributed by atoms with Crippen LogP contribution in [0.15, 0.2) is 211 Å². The third-order valence-electron chi connectivity index (χ3n) is 11.6. The summed E-state index contributed by atoms with van der Waals surface area (Å²) in [7, 11) is 0. The SMILES string of the molecule is c1ccc(N(c2ccc3ccc4c5ccc(N(c6ccccc6)c6ccc7sc8ccccc8c7c6)cc5ccc4c3c2)c2ccc3oc4ccccc4c3c2)cc1. The molecule has 0 spiro atoms. The molecule has 58 heavy (non-hydrogen) atoms. The van der Waals surface area contributed by atoms with Gasteiger partial charge in [0.1, 0.15) is 11.2 Å². The molecule has 0 fully saturated rings. The Morgan fingerprint density at radius 3 is 1.55 bits per heavy atom. The molecule has 2 aromatic heterocycles. The molecular weight excluding hydrogens is 725 g/mol. The van der Waals surface area contributed by atoms with Crippen molar-refractivity contribution in [1.29, 1.82) is 0 Å². The minimum Gasteiger partial charge on any atom is -0.456 e. The first-order valence-electron chi connectivity index (χ1n) is 19.7. The molecule has 12 aromatic rings. The fourth-order valence-electron chi connectivity index (χ4n) is 8.88. The third-order valence-corrected chi connectivity index (χ3v) is 12.7. The van der Waals surface area contributed by atoms with Gasteiger partial charge in [-0.3, -0.25) is 0 Å². The summed E-state index contributed by atoms with van der Waals surface area (Å²) in [4.78, 5) is 4.73. The second-order valence-corrected chi connectivity index (χ2v) is 16.0. The minimum absolute atomic E-state index is 0.890. The summed E-state index contributed by atoms with van der Waals surface area (Å²) >= 11 is 1.85. The lowest BCUT2D eigenvalue weighted by Gasteiger charge is -2.26. The predicted molar refractivity (Wildman–Crippen MR) is 248 cm³/mol. The quantitative estimate of drug-likeness (QED) is 0.157. The van der Waals surface area contributed by atoms with Crippen LogP contribution in [-0.4, -0.2) is 0 Å². The average molecular weight is 759 g/mol. The second-order valence-electron chi connectivity index (χ2n) is 14.9. The van der Waals surface area contributed by atoms with E-state index in [9.17, 15) is 0 Å². The Kier molecular flexibility index (Phi) is 7.40. The van der Waals surface area contributed by atoms with Crippen LogP contribution in [0.25, 0.3) is 74.4 Å². The third kappa shape index (κ3) is 5.27. The topological polar surface area (TPSA) is 19.6 Å². The summed E-state index contributed by atoms with van der Waals surface area (Å²) in [5.41, 5.74) is 8.47. The Morgan fingerprint density at radius 1 is 0.276 bits per heavy atom. The summed E-state index contributed by atoms with van der Waals surface area (Å²) in [5, 5.41) is 12.2. The maximum absolute atomic E-state index is 6.21. The Hall–Kier alpha value is -7.40. The first kappa shape index (κ1) is 32.8. The fraction of sp³-hybridized carbons (Fsp3) is 0. The first-order valence-corrected chi connectivity index (χ1v) is 20.5. The van der Waals surface area contributed by atoms with Crippen LogP contribution in [0.2, 0.25) is 0 Å². The summed E-state index contributed by atoms with van der Waals surface area (Å²) in [5.74, 6) is 0. The number of fused-ring (bicyclic) bond motifs is 11. The normalized spacial score (nSPS) is 11.8. The largest absolute Gasteiger partial charge is 0.456 e. The van der Waals surface area contributed by atoms with E-state index in [0.29, 0.717) is 0 Å². The van der Waals surface area contributed by atoms with Crippen LogP contribution in [0, 0.1) is 0 Å². The summed E-state index contributed by atoms with van der Waals surface area (Å²) in [6, 6.07) is 74.6.